The van der Waals surface area contributed by atoms with E-state index in [1.54, 1.807) is 0 Å². The molecule has 25 heavy (non-hydrogen) atoms. The molecule has 1 aromatic rings. The molecule has 2 saturated heterocycles. The first-order valence-electron chi connectivity index (χ1n) is 9.04. The second-order valence-electron chi connectivity index (χ2n) is 6.67. The predicted octanol–water partition coefficient (Wildman–Crippen LogP) is 1.10. The molecular weight excluding hydrogens is 316 g/mol. The normalized spacial score (nSPS) is 21.5. The highest BCUT2D eigenvalue weighted by Gasteiger charge is 2.29. The Kier molecular flexibility index (Phi) is 6.46. The third kappa shape index (κ3) is 5.05. The van der Waals surface area contributed by atoms with Crippen LogP contribution in [0.15, 0.2) is 24.3 Å². The van der Waals surface area contributed by atoms with Gasteiger partial charge in [-0.1, -0.05) is 24.0 Å². The van der Waals surface area contributed by atoms with Gasteiger partial charge in [-0.2, -0.15) is 0 Å². The molecule has 5 nitrogen and oxygen atoms in total. The average molecular weight is 342 g/mol. The van der Waals surface area contributed by atoms with Crippen molar-refractivity contribution in [1.82, 2.24) is 9.80 Å². The largest absolute Gasteiger partial charge is 0.384 e. The number of aliphatic hydroxyl groups is 1. The number of carbonyl (C=O) groups is 1. The second kappa shape index (κ2) is 9.00. The van der Waals surface area contributed by atoms with Gasteiger partial charge in [-0.05, 0) is 30.5 Å². The van der Waals surface area contributed by atoms with Gasteiger partial charge in [-0.15, -0.1) is 0 Å². The molecule has 0 bridgehead atoms. The Balaban J connectivity index is 1.51. The molecule has 1 amide bonds. The molecule has 2 heterocycles. The fourth-order valence-corrected chi connectivity index (χ4v) is 3.43. The van der Waals surface area contributed by atoms with E-state index in [9.17, 15) is 4.79 Å². The maximum Gasteiger partial charge on any atom is 0.228 e. The number of carbonyl (C=O) groups excluding carboxylic acids is 1. The number of rotatable bonds is 3. The molecule has 1 aromatic carbocycles. The summed E-state index contributed by atoms with van der Waals surface area (Å²) >= 11 is 0. The van der Waals surface area contributed by atoms with Gasteiger partial charge < -0.3 is 14.7 Å². The Morgan fingerprint density at radius 1 is 1.20 bits per heavy atom. The van der Waals surface area contributed by atoms with E-state index in [-0.39, 0.29) is 18.4 Å². The highest BCUT2D eigenvalue weighted by molar-refractivity contribution is 5.79. The van der Waals surface area contributed by atoms with Gasteiger partial charge in [0.1, 0.15) is 6.61 Å². The molecule has 1 atom stereocenters. The van der Waals surface area contributed by atoms with E-state index in [0.29, 0.717) is 6.61 Å². The Morgan fingerprint density at radius 2 is 2.04 bits per heavy atom. The molecule has 2 aliphatic heterocycles. The summed E-state index contributed by atoms with van der Waals surface area (Å²) in [7, 11) is 0. The van der Waals surface area contributed by atoms with E-state index >= 15 is 0 Å². The lowest BCUT2D eigenvalue weighted by molar-refractivity contribution is -0.135. The molecule has 0 aromatic heterocycles. The van der Waals surface area contributed by atoms with E-state index in [2.05, 4.69) is 28.9 Å². The molecule has 2 fully saturated rings. The van der Waals surface area contributed by atoms with Crippen molar-refractivity contribution < 1.29 is 14.6 Å². The summed E-state index contributed by atoms with van der Waals surface area (Å²) in [4.78, 5) is 17.0. The van der Waals surface area contributed by atoms with Crippen LogP contribution in [0, 0.1) is 17.8 Å². The first-order valence-corrected chi connectivity index (χ1v) is 9.04. The Hall–Kier alpha value is -1.87. The number of hydrogen-bond acceptors (Lipinski definition) is 4. The van der Waals surface area contributed by atoms with Crippen LogP contribution in [0.3, 0.4) is 0 Å². The van der Waals surface area contributed by atoms with Crippen molar-refractivity contribution in [3.8, 4) is 11.8 Å². The number of benzene rings is 1. The molecular formula is C20H26N2O3. The van der Waals surface area contributed by atoms with Crippen LogP contribution in [0.25, 0.3) is 0 Å². The minimum Gasteiger partial charge on any atom is -0.384 e. The number of aliphatic hydroxyl groups excluding tert-OH is 1. The van der Waals surface area contributed by atoms with Gasteiger partial charge in [0.2, 0.25) is 5.91 Å². The fourth-order valence-electron chi connectivity index (χ4n) is 3.43. The van der Waals surface area contributed by atoms with Crippen molar-refractivity contribution in [2.45, 2.75) is 19.4 Å². The highest BCUT2D eigenvalue weighted by Crippen LogP contribution is 2.17. The van der Waals surface area contributed by atoms with Crippen molar-refractivity contribution in [3.05, 3.63) is 35.4 Å². The predicted molar refractivity (Wildman–Crippen MR) is 95.8 cm³/mol. The first-order chi connectivity index (χ1) is 12.3. The van der Waals surface area contributed by atoms with Gasteiger partial charge >= 0.3 is 0 Å². The molecule has 0 spiro atoms. The standard InChI is InChI=1S/C20H26N2O3/c23-13-1-3-17-4-6-18(7-5-17)15-21-9-2-10-22(12-11-21)20(24)19-8-14-25-16-19/h4-7,19,23H,2,8-16H2. The van der Waals surface area contributed by atoms with E-state index in [0.717, 1.165) is 57.7 Å². The SMILES string of the molecule is O=C(C1CCOC1)N1CCCN(Cc2ccc(C#CCO)cc2)CC1. The average Bonchev–Trinajstić information content (AvgIpc) is 3.08. The third-order valence-electron chi connectivity index (χ3n) is 4.85. The lowest BCUT2D eigenvalue weighted by atomic mass is 10.1. The van der Waals surface area contributed by atoms with Crippen molar-refractivity contribution in [2.75, 3.05) is 46.0 Å². The zero-order valence-electron chi connectivity index (χ0n) is 14.6. The monoisotopic (exact) mass is 342 g/mol. The first kappa shape index (κ1) is 17.9. The van der Waals surface area contributed by atoms with Crippen LogP contribution in [0.5, 0.6) is 0 Å². The lowest BCUT2D eigenvalue weighted by Gasteiger charge is -2.24. The summed E-state index contributed by atoms with van der Waals surface area (Å²) in [5, 5.41) is 8.74. The van der Waals surface area contributed by atoms with Crippen molar-refractivity contribution >= 4 is 5.91 Å². The maximum atomic E-state index is 12.5. The molecule has 1 N–H and O–H groups in total. The van der Waals surface area contributed by atoms with Gasteiger partial charge in [0.05, 0.1) is 12.5 Å². The van der Waals surface area contributed by atoms with E-state index in [1.807, 2.05) is 17.0 Å². The van der Waals surface area contributed by atoms with Crippen molar-refractivity contribution in [1.29, 1.82) is 0 Å². The van der Waals surface area contributed by atoms with E-state index in [1.165, 1.54) is 5.56 Å². The number of ether oxygens (including phenoxy) is 1. The maximum absolute atomic E-state index is 12.5. The number of hydrogen-bond donors (Lipinski definition) is 1. The van der Waals surface area contributed by atoms with Crippen LogP contribution in [-0.4, -0.2) is 66.8 Å². The summed E-state index contributed by atoms with van der Waals surface area (Å²) < 4.78 is 5.35. The van der Waals surface area contributed by atoms with Crippen LogP contribution in [0.1, 0.15) is 24.0 Å². The van der Waals surface area contributed by atoms with Crippen molar-refractivity contribution in [3.63, 3.8) is 0 Å². The minimum absolute atomic E-state index is 0.0686. The Labute approximate surface area is 149 Å². The molecule has 0 saturated carbocycles. The number of amides is 1. The molecule has 134 valence electrons. The Morgan fingerprint density at radius 3 is 2.76 bits per heavy atom. The highest BCUT2D eigenvalue weighted by atomic mass is 16.5. The molecule has 2 aliphatic rings. The summed E-state index contributed by atoms with van der Waals surface area (Å²) in [5.41, 5.74) is 2.17. The van der Waals surface area contributed by atoms with Crippen LogP contribution in [-0.2, 0) is 16.1 Å². The molecule has 3 rings (SSSR count). The smallest absolute Gasteiger partial charge is 0.228 e. The van der Waals surface area contributed by atoms with Gasteiger partial charge in [0, 0.05) is 44.9 Å². The summed E-state index contributed by atoms with van der Waals surface area (Å²) in [6, 6.07) is 8.16. The second-order valence-corrected chi connectivity index (χ2v) is 6.67. The van der Waals surface area contributed by atoms with Crippen LogP contribution in [0.4, 0.5) is 0 Å². The van der Waals surface area contributed by atoms with E-state index < -0.39 is 0 Å². The van der Waals surface area contributed by atoms with E-state index in [4.69, 9.17) is 9.84 Å². The topological polar surface area (TPSA) is 53.0 Å². The van der Waals surface area contributed by atoms with Gasteiger partial charge in [0.25, 0.3) is 0 Å². The summed E-state index contributed by atoms with van der Waals surface area (Å²) in [6.45, 7) is 5.65. The zero-order chi connectivity index (χ0) is 17.5. The van der Waals surface area contributed by atoms with Gasteiger partial charge in [0.15, 0.2) is 0 Å². The third-order valence-corrected chi connectivity index (χ3v) is 4.85. The van der Waals surface area contributed by atoms with Crippen molar-refractivity contribution in [2.24, 2.45) is 5.92 Å². The quantitative estimate of drug-likeness (QED) is 0.836. The van der Waals surface area contributed by atoms with Crippen LogP contribution in [0.2, 0.25) is 0 Å². The minimum atomic E-state index is -0.113. The molecule has 5 heteroatoms. The molecule has 0 radical (unpaired) electrons. The van der Waals surface area contributed by atoms with Gasteiger partial charge in [-0.3, -0.25) is 9.69 Å². The summed E-state index contributed by atoms with van der Waals surface area (Å²) in [5.74, 6) is 5.91. The van der Waals surface area contributed by atoms with Gasteiger partial charge in [-0.25, -0.2) is 0 Å². The molecule has 1 unspecified atom stereocenters. The zero-order valence-corrected chi connectivity index (χ0v) is 14.6. The van der Waals surface area contributed by atoms with Crippen LogP contribution < -0.4 is 0 Å². The van der Waals surface area contributed by atoms with Crippen LogP contribution >= 0.6 is 0 Å². The number of nitrogens with zero attached hydrogens (tertiary/aromatic N) is 2. The summed E-state index contributed by atoms with van der Waals surface area (Å²) in [6.07, 6.45) is 1.88. The lowest BCUT2D eigenvalue weighted by Crippen LogP contribution is -2.39. The fraction of sp³-hybridized carbons (Fsp3) is 0.550. The molecule has 0 aliphatic carbocycles. The Bertz CT molecular complexity index is 627.